The van der Waals surface area contributed by atoms with Gasteiger partial charge in [0.15, 0.2) is 0 Å². The smallest absolute Gasteiger partial charge is 0.0506 e. The molecule has 2 atom stereocenters. The van der Waals surface area contributed by atoms with Gasteiger partial charge in [0.1, 0.15) is 0 Å². The van der Waals surface area contributed by atoms with Gasteiger partial charge in [-0.2, -0.15) is 0 Å². The number of benzene rings is 1. The summed E-state index contributed by atoms with van der Waals surface area (Å²) in [6.45, 7) is 3.43. The molecule has 0 radical (unpaired) electrons. The standard InChI is InChI=1S/C16H23IN2/c1-2-9-18-12-10-13-7-8-14(11-12)19(13)16-6-4-3-5-15(16)17/h3-6,12-14,18H,2,7-11H2,1H3. The van der Waals surface area contributed by atoms with Crippen molar-refractivity contribution in [3.05, 3.63) is 27.8 Å². The molecule has 2 fully saturated rings. The Labute approximate surface area is 130 Å². The van der Waals surface area contributed by atoms with Crippen molar-refractivity contribution in [1.29, 1.82) is 0 Å². The van der Waals surface area contributed by atoms with Crippen LogP contribution in [0.3, 0.4) is 0 Å². The number of para-hydroxylation sites is 1. The van der Waals surface area contributed by atoms with Gasteiger partial charge in [-0.05, 0) is 73.4 Å². The van der Waals surface area contributed by atoms with E-state index in [-0.39, 0.29) is 0 Å². The second-order valence-corrected chi connectivity index (χ2v) is 7.03. The third-order valence-electron chi connectivity index (χ3n) is 4.55. The Kier molecular flexibility index (Phi) is 4.32. The van der Waals surface area contributed by atoms with E-state index in [4.69, 9.17) is 0 Å². The summed E-state index contributed by atoms with van der Waals surface area (Å²) in [5, 5.41) is 3.73. The molecule has 0 aliphatic carbocycles. The highest BCUT2D eigenvalue weighted by molar-refractivity contribution is 14.1. The lowest BCUT2D eigenvalue weighted by Gasteiger charge is -2.41. The molecular weight excluding hydrogens is 347 g/mol. The summed E-state index contributed by atoms with van der Waals surface area (Å²) >= 11 is 2.48. The molecule has 1 aromatic carbocycles. The maximum Gasteiger partial charge on any atom is 0.0506 e. The van der Waals surface area contributed by atoms with Gasteiger partial charge in [0.2, 0.25) is 0 Å². The maximum absolute atomic E-state index is 3.73. The average Bonchev–Trinajstić information content (AvgIpc) is 2.68. The van der Waals surface area contributed by atoms with E-state index in [1.54, 1.807) is 0 Å². The number of piperidine rings is 1. The Morgan fingerprint density at radius 3 is 2.53 bits per heavy atom. The average molecular weight is 370 g/mol. The van der Waals surface area contributed by atoms with Crippen LogP contribution in [0.15, 0.2) is 24.3 Å². The molecular formula is C16H23IN2. The van der Waals surface area contributed by atoms with E-state index in [9.17, 15) is 0 Å². The van der Waals surface area contributed by atoms with Gasteiger partial charge in [-0.3, -0.25) is 0 Å². The van der Waals surface area contributed by atoms with Crippen molar-refractivity contribution in [3.8, 4) is 0 Å². The fraction of sp³-hybridized carbons (Fsp3) is 0.625. The maximum atomic E-state index is 3.73. The highest BCUT2D eigenvalue weighted by Crippen LogP contribution is 2.40. The van der Waals surface area contributed by atoms with E-state index >= 15 is 0 Å². The zero-order valence-electron chi connectivity index (χ0n) is 11.6. The molecule has 104 valence electrons. The first-order valence-electron chi connectivity index (χ1n) is 7.56. The number of anilines is 1. The fourth-order valence-electron chi connectivity index (χ4n) is 3.75. The molecule has 2 bridgehead atoms. The number of rotatable bonds is 4. The molecule has 3 heteroatoms. The van der Waals surface area contributed by atoms with Crippen LogP contribution in [-0.2, 0) is 0 Å². The quantitative estimate of drug-likeness (QED) is 0.812. The van der Waals surface area contributed by atoms with Crippen molar-refractivity contribution in [2.24, 2.45) is 0 Å². The Hall–Kier alpha value is -0.290. The van der Waals surface area contributed by atoms with Crippen molar-refractivity contribution in [2.45, 2.75) is 57.2 Å². The van der Waals surface area contributed by atoms with Crippen LogP contribution >= 0.6 is 22.6 Å². The summed E-state index contributed by atoms with van der Waals surface area (Å²) in [5.41, 5.74) is 1.46. The summed E-state index contributed by atoms with van der Waals surface area (Å²) in [4.78, 5) is 2.71. The normalized spacial score (nSPS) is 29.8. The van der Waals surface area contributed by atoms with E-state index in [0.29, 0.717) is 0 Å². The Morgan fingerprint density at radius 2 is 1.89 bits per heavy atom. The predicted molar refractivity (Wildman–Crippen MR) is 89.8 cm³/mol. The lowest BCUT2D eigenvalue weighted by Crippen LogP contribution is -2.49. The number of fused-ring (bicyclic) bond motifs is 2. The monoisotopic (exact) mass is 370 g/mol. The highest BCUT2D eigenvalue weighted by Gasteiger charge is 2.40. The second kappa shape index (κ2) is 6.00. The first-order chi connectivity index (χ1) is 9.29. The summed E-state index contributed by atoms with van der Waals surface area (Å²) in [7, 11) is 0. The molecule has 2 saturated heterocycles. The molecule has 2 nitrogen and oxygen atoms in total. The van der Waals surface area contributed by atoms with Crippen molar-refractivity contribution >= 4 is 28.3 Å². The second-order valence-electron chi connectivity index (χ2n) is 5.87. The van der Waals surface area contributed by atoms with Crippen LogP contribution in [-0.4, -0.2) is 24.7 Å². The third-order valence-corrected chi connectivity index (χ3v) is 5.46. The van der Waals surface area contributed by atoms with Gasteiger partial charge >= 0.3 is 0 Å². The minimum atomic E-state index is 0.745. The number of nitrogens with zero attached hydrogens (tertiary/aromatic N) is 1. The molecule has 0 saturated carbocycles. The van der Waals surface area contributed by atoms with Crippen LogP contribution in [0.4, 0.5) is 5.69 Å². The largest absolute Gasteiger partial charge is 0.365 e. The van der Waals surface area contributed by atoms with Gasteiger partial charge < -0.3 is 10.2 Å². The Morgan fingerprint density at radius 1 is 1.21 bits per heavy atom. The molecule has 2 aliphatic rings. The minimum absolute atomic E-state index is 0.745. The van der Waals surface area contributed by atoms with Crippen molar-refractivity contribution < 1.29 is 0 Å². The molecule has 0 amide bonds. The van der Waals surface area contributed by atoms with Crippen molar-refractivity contribution in [1.82, 2.24) is 5.32 Å². The summed E-state index contributed by atoms with van der Waals surface area (Å²) in [6.07, 6.45) is 6.63. The highest BCUT2D eigenvalue weighted by atomic mass is 127. The number of hydrogen-bond donors (Lipinski definition) is 1. The molecule has 3 rings (SSSR count). The zero-order chi connectivity index (χ0) is 13.2. The topological polar surface area (TPSA) is 15.3 Å². The third kappa shape index (κ3) is 2.77. The predicted octanol–water partition coefficient (Wildman–Crippen LogP) is 3.79. The van der Waals surface area contributed by atoms with Gasteiger partial charge in [0, 0.05) is 21.7 Å². The van der Waals surface area contributed by atoms with Gasteiger partial charge in [0.05, 0.1) is 5.69 Å². The van der Waals surface area contributed by atoms with Gasteiger partial charge in [-0.15, -0.1) is 0 Å². The van der Waals surface area contributed by atoms with E-state index in [1.807, 2.05) is 0 Å². The van der Waals surface area contributed by atoms with Crippen molar-refractivity contribution in [2.75, 3.05) is 11.4 Å². The summed E-state index contributed by atoms with van der Waals surface area (Å²) in [5.74, 6) is 0. The van der Waals surface area contributed by atoms with Gasteiger partial charge in [0.25, 0.3) is 0 Å². The van der Waals surface area contributed by atoms with Crippen LogP contribution in [0.1, 0.15) is 39.0 Å². The van der Waals surface area contributed by atoms with E-state index in [1.165, 1.54) is 47.9 Å². The lowest BCUT2D eigenvalue weighted by atomic mass is 9.96. The number of halogens is 1. The van der Waals surface area contributed by atoms with E-state index in [2.05, 4.69) is 64.0 Å². The van der Waals surface area contributed by atoms with Crippen molar-refractivity contribution in [3.63, 3.8) is 0 Å². The van der Waals surface area contributed by atoms with E-state index < -0.39 is 0 Å². The molecule has 0 spiro atoms. The number of hydrogen-bond acceptors (Lipinski definition) is 2. The molecule has 19 heavy (non-hydrogen) atoms. The van der Waals surface area contributed by atoms with Crippen LogP contribution in [0.2, 0.25) is 0 Å². The fourth-order valence-corrected chi connectivity index (χ4v) is 4.41. The van der Waals surface area contributed by atoms with Crippen LogP contribution in [0.25, 0.3) is 0 Å². The molecule has 2 aliphatic heterocycles. The SMILES string of the molecule is CCCNC1CC2CCC(C1)N2c1ccccc1I. The molecule has 2 heterocycles. The Bertz CT molecular complexity index is 421. The zero-order valence-corrected chi connectivity index (χ0v) is 13.8. The summed E-state index contributed by atoms with van der Waals surface area (Å²) in [6, 6.07) is 11.1. The molecule has 1 N–H and O–H groups in total. The first kappa shape index (κ1) is 13.7. The van der Waals surface area contributed by atoms with Crippen LogP contribution < -0.4 is 10.2 Å². The summed E-state index contributed by atoms with van der Waals surface area (Å²) < 4.78 is 1.40. The molecule has 0 aromatic heterocycles. The molecule has 2 unspecified atom stereocenters. The van der Waals surface area contributed by atoms with Gasteiger partial charge in [-0.1, -0.05) is 19.1 Å². The number of nitrogens with one attached hydrogen (secondary N) is 1. The first-order valence-corrected chi connectivity index (χ1v) is 8.63. The Balaban J connectivity index is 1.75. The minimum Gasteiger partial charge on any atom is -0.365 e. The van der Waals surface area contributed by atoms with Crippen LogP contribution in [0.5, 0.6) is 0 Å². The molecule has 1 aromatic rings. The van der Waals surface area contributed by atoms with Gasteiger partial charge in [-0.25, -0.2) is 0 Å². The van der Waals surface area contributed by atoms with Crippen LogP contribution in [0, 0.1) is 3.57 Å². The lowest BCUT2D eigenvalue weighted by molar-refractivity contribution is 0.356. The van der Waals surface area contributed by atoms with E-state index in [0.717, 1.165) is 18.1 Å².